The van der Waals surface area contributed by atoms with E-state index in [1.165, 1.54) is 11.1 Å². The molecule has 2 saturated heterocycles. The number of guanidine groups is 1. The summed E-state index contributed by atoms with van der Waals surface area (Å²) in [6, 6.07) is 8.52. The molecule has 30 heavy (non-hydrogen) atoms. The smallest absolute Gasteiger partial charge is 0.191 e. The number of hydrogen-bond donors (Lipinski definition) is 2. The van der Waals surface area contributed by atoms with Crippen LogP contribution in [0.25, 0.3) is 0 Å². The Hall–Kier alpha value is -1.67. The normalized spacial score (nSPS) is 20.4. The summed E-state index contributed by atoms with van der Waals surface area (Å²) >= 11 is 0. The number of rotatable bonds is 11. The molecule has 7 heteroatoms. The van der Waals surface area contributed by atoms with Crippen LogP contribution in [-0.4, -0.2) is 65.3 Å². The summed E-state index contributed by atoms with van der Waals surface area (Å²) in [5.41, 5.74) is 2.42. The molecule has 0 amide bonds. The molecule has 3 rings (SSSR count). The van der Waals surface area contributed by atoms with E-state index in [-0.39, 0.29) is 0 Å². The molecule has 2 fully saturated rings. The molecule has 0 saturated carbocycles. The van der Waals surface area contributed by atoms with E-state index in [9.17, 15) is 0 Å². The van der Waals surface area contributed by atoms with Gasteiger partial charge >= 0.3 is 0 Å². The highest BCUT2D eigenvalue weighted by Gasteiger charge is 2.15. The molecule has 1 atom stereocenters. The maximum absolute atomic E-state index is 6.03. The van der Waals surface area contributed by atoms with Crippen LogP contribution in [0, 0.1) is 5.92 Å². The molecule has 0 bridgehead atoms. The molecule has 1 aromatic carbocycles. The minimum absolute atomic E-state index is 0.319. The van der Waals surface area contributed by atoms with E-state index in [1.54, 1.807) is 7.05 Å². The molecule has 1 aromatic rings. The highest BCUT2D eigenvalue weighted by molar-refractivity contribution is 5.79. The third-order valence-electron chi connectivity index (χ3n) is 5.46. The van der Waals surface area contributed by atoms with Gasteiger partial charge in [-0.05, 0) is 36.8 Å². The highest BCUT2D eigenvalue weighted by atomic mass is 16.5. The van der Waals surface area contributed by atoms with Gasteiger partial charge in [-0.15, -0.1) is 0 Å². The first-order valence-electron chi connectivity index (χ1n) is 11.2. The van der Waals surface area contributed by atoms with Crippen molar-refractivity contribution < 1.29 is 18.9 Å². The topological polar surface area (TPSA) is 73.3 Å². The molecular weight excluding hydrogens is 382 g/mol. The minimum Gasteiger partial charge on any atom is -0.381 e. The Balaban J connectivity index is 1.29. The van der Waals surface area contributed by atoms with Gasteiger partial charge in [0.1, 0.15) is 0 Å². The lowest BCUT2D eigenvalue weighted by atomic mass is 10.1. The van der Waals surface area contributed by atoms with Gasteiger partial charge in [-0.2, -0.15) is 0 Å². The average molecular weight is 420 g/mol. The summed E-state index contributed by atoms with van der Waals surface area (Å²) in [6.45, 7) is 7.12. The van der Waals surface area contributed by atoms with E-state index in [2.05, 4.69) is 39.9 Å². The van der Waals surface area contributed by atoms with Crippen LogP contribution in [0.1, 0.15) is 36.8 Å². The Bertz CT molecular complexity index is 629. The predicted molar refractivity (Wildman–Crippen MR) is 118 cm³/mol. The first kappa shape index (κ1) is 23.0. The maximum Gasteiger partial charge on any atom is 0.191 e. The van der Waals surface area contributed by atoms with Gasteiger partial charge in [0.05, 0.1) is 25.9 Å². The van der Waals surface area contributed by atoms with E-state index in [1.807, 2.05) is 0 Å². The third kappa shape index (κ3) is 8.60. The number of nitrogens with zero attached hydrogens (tertiary/aromatic N) is 1. The number of nitrogens with one attached hydrogen (secondary N) is 2. The van der Waals surface area contributed by atoms with Crippen molar-refractivity contribution in [3.05, 3.63) is 35.4 Å². The van der Waals surface area contributed by atoms with Gasteiger partial charge in [-0.25, -0.2) is 0 Å². The van der Waals surface area contributed by atoms with Crippen LogP contribution < -0.4 is 10.6 Å². The lowest BCUT2D eigenvalue weighted by Crippen LogP contribution is -2.37. The Kier molecular flexibility index (Phi) is 10.4. The summed E-state index contributed by atoms with van der Waals surface area (Å²) in [6.07, 6.45) is 4.37. The number of benzene rings is 1. The van der Waals surface area contributed by atoms with Crippen LogP contribution in [0.5, 0.6) is 0 Å². The Labute approximate surface area is 180 Å². The minimum atomic E-state index is 0.319. The van der Waals surface area contributed by atoms with Crippen LogP contribution in [0.15, 0.2) is 29.3 Å². The highest BCUT2D eigenvalue weighted by Crippen LogP contribution is 2.14. The molecule has 2 aliphatic heterocycles. The molecule has 7 nitrogen and oxygen atoms in total. The van der Waals surface area contributed by atoms with E-state index >= 15 is 0 Å². The van der Waals surface area contributed by atoms with Crippen LogP contribution in [0.2, 0.25) is 0 Å². The maximum atomic E-state index is 6.03. The molecule has 0 aromatic heterocycles. The van der Waals surface area contributed by atoms with Crippen LogP contribution >= 0.6 is 0 Å². The quantitative estimate of drug-likeness (QED) is 0.326. The van der Waals surface area contributed by atoms with Gasteiger partial charge in [0.2, 0.25) is 0 Å². The molecule has 0 aliphatic carbocycles. The van der Waals surface area contributed by atoms with Crippen molar-refractivity contribution in [2.75, 3.05) is 53.2 Å². The summed E-state index contributed by atoms with van der Waals surface area (Å²) in [7, 11) is 1.80. The van der Waals surface area contributed by atoms with Crippen LogP contribution in [0.3, 0.4) is 0 Å². The van der Waals surface area contributed by atoms with Crippen molar-refractivity contribution >= 4 is 5.96 Å². The van der Waals surface area contributed by atoms with E-state index < -0.39 is 0 Å². The summed E-state index contributed by atoms with van der Waals surface area (Å²) < 4.78 is 22.5. The second-order valence-electron chi connectivity index (χ2n) is 7.95. The zero-order valence-electron chi connectivity index (χ0n) is 18.2. The fourth-order valence-electron chi connectivity index (χ4n) is 3.64. The molecule has 0 spiro atoms. The fraction of sp³-hybridized carbons (Fsp3) is 0.696. The van der Waals surface area contributed by atoms with Crippen LogP contribution in [0.4, 0.5) is 0 Å². The summed E-state index contributed by atoms with van der Waals surface area (Å²) in [5.74, 6) is 1.38. The zero-order chi connectivity index (χ0) is 20.9. The second kappa shape index (κ2) is 13.6. The van der Waals surface area contributed by atoms with Gasteiger partial charge in [-0.3, -0.25) is 4.99 Å². The molecule has 1 unspecified atom stereocenters. The fourth-order valence-corrected chi connectivity index (χ4v) is 3.64. The van der Waals surface area contributed by atoms with Gasteiger partial charge in [0.25, 0.3) is 0 Å². The molecule has 0 radical (unpaired) electrons. The lowest BCUT2D eigenvalue weighted by Gasteiger charge is -2.22. The number of ether oxygens (including phenoxy) is 4. The third-order valence-corrected chi connectivity index (χ3v) is 5.46. The first-order valence-corrected chi connectivity index (χ1v) is 11.2. The second-order valence-corrected chi connectivity index (χ2v) is 7.95. The van der Waals surface area contributed by atoms with Crippen LogP contribution in [-0.2, 0) is 32.1 Å². The molecule has 2 heterocycles. The predicted octanol–water partition coefficient (Wildman–Crippen LogP) is 2.49. The SMILES string of the molecule is CN=C(NCCCOCC1CCOC1)NCc1cccc(COC2CCOCC2)c1. The van der Waals surface area contributed by atoms with Crippen molar-refractivity contribution in [1.82, 2.24) is 10.6 Å². The van der Waals surface area contributed by atoms with Gasteiger partial charge in [-0.1, -0.05) is 24.3 Å². The van der Waals surface area contributed by atoms with Crippen molar-refractivity contribution in [3.8, 4) is 0 Å². The van der Waals surface area contributed by atoms with Gasteiger partial charge < -0.3 is 29.6 Å². The molecule has 2 N–H and O–H groups in total. The Morgan fingerprint density at radius 1 is 1.10 bits per heavy atom. The molecule has 168 valence electrons. The molecular formula is C23H37N3O4. The van der Waals surface area contributed by atoms with E-state index in [0.717, 1.165) is 84.4 Å². The summed E-state index contributed by atoms with van der Waals surface area (Å²) in [4.78, 5) is 4.30. The number of hydrogen-bond acceptors (Lipinski definition) is 5. The van der Waals surface area contributed by atoms with E-state index in [4.69, 9.17) is 18.9 Å². The van der Waals surface area contributed by atoms with Gasteiger partial charge in [0.15, 0.2) is 5.96 Å². The standard InChI is InChI=1S/C23H37N3O4/c1-24-23(25-9-3-10-28-16-21-6-11-29-17-21)26-15-19-4-2-5-20(14-19)18-30-22-7-12-27-13-8-22/h2,4-5,14,21-22H,3,6-13,15-18H2,1H3,(H2,24,25,26). The van der Waals surface area contributed by atoms with Crippen molar-refractivity contribution in [3.63, 3.8) is 0 Å². The zero-order valence-corrected chi connectivity index (χ0v) is 18.2. The van der Waals surface area contributed by atoms with Gasteiger partial charge in [0, 0.05) is 52.5 Å². The monoisotopic (exact) mass is 419 g/mol. The Morgan fingerprint density at radius 3 is 2.73 bits per heavy atom. The molecule has 2 aliphatic rings. The average Bonchev–Trinajstić information content (AvgIpc) is 3.31. The van der Waals surface area contributed by atoms with Crippen molar-refractivity contribution in [1.29, 1.82) is 0 Å². The van der Waals surface area contributed by atoms with Crippen molar-refractivity contribution in [2.45, 2.75) is 44.9 Å². The van der Waals surface area contributed by atoms with E-state index in [0.29, 0.717) is 18.6 Å². The summed E-state index contributed by atoms with van der Waals surface area (Å²) in [5, 5.41) is 6.73. The number of aliphatic imine (C=N–C) groups is 1. The largest absolute Gasteiger partial charge is 0.381 e. The van der Waals surface area contributed by atoms with Crippen molar-refractivity contribution in [2.24, 2.45) is 10.9 Å². The Morgan fingerprint density at radius 2 is 1.93 bits per heavy atom. The lowest BCUT2D eigenvalue weighted by molar-refractivity contribution is -0.0390. The first-order chi connectivity index (χ1) is 14.8.